The Labute approximate surface area is 204 Å². The Morgan fingerprint density at radius 2 is 2.03 bits per heavy atom. The van der Waals surface area contributed by atoms with Gasteiger partial charge in [0.1, 0.15) is 24.5 Å². The van der Waals surface area contributed by atoms with Crippen LogP contribution in [-0.2, 0) is 4.57 Å². The second-order valence-corrected chi connectivity index (χ2v) is 12.5. The van der Waals surface area contributed by atoms with Gasteiger partial charge in [-0.2, -0.15) is 4.98 Å². The minimum Gasteiger partial charge on any atom is -0.659 e. The summed E-state index contributed by atoms with van der Waals surface area (Å²) in [6.45, 7) is 8.76. The van der Waals surface area contributed by atoms with Crippen LogP contribution in [0.3, 0.4) is 0 Å². The normalized spacial score (nSPS) is 16.9. The fourth-order valence-corrected chi connectivity index (χ4v) is 5.73. The van der Waals surface area contributed by atoms with Gasteiger partial charge in [-0.05, 0) is 50.6 Å². The molecule has 2 aliphatic heterocycles. The maximum Gasteiger partial charge on any atom is 0.229 e. The Hall–Kier alpha value is -3.80. The van der Waals surface area contributed by atoms with Crippen LogP contribution in [0.15, 0.2) is 42.6 Å². The number of fused-ring (bicyclic) bond motifs is 3. The third-order valence-corrected chi connectivity index (χ3v) is 7.83. The fraction of sp³-hybridized carbons (Fsp3) is 0.333. The maximum atomic E-state index is 12.7. The van der Waals surface area contributed by atoms with Crippen LogP contribution in [0.1, 0.15) is 5.56 Å². The van der Waals surface area contributed by atoms with E-state index >= 15 is 0 Å². The first-order valence-corrected chi connectivity index (χ1v) is 14.2. The topological polar surface area (TPSA) is 93.5 Å². The number of aromatic nitrogens is 2. The van der Waals surface area contributed by atoms with Crippen LogP contribution in [0.5, 0.6) is 5.75 Å². The predicted octanol–water partition coefficient (Wildman–Crippen LogP) is 5.13. The van der Waals surface area contributed by atoms with Crippen molar-refractivity contribution >= 4 is 52.9 Å². The van der Waals surface area contributed by atoms with Crippen molar-refractivity contribution in [2.45, 2.75) is 13.0 Å². The molecule has 2 aromatic carbocycles. The summed E-state index contributed by atoms with van der Waals surface area (Å²) in [6.07, 6.45) is 1.54. The Morgan fingerprint density at radius 3 is 2.83 bits per heavy atom. The Balaban J connectivity index is 0.00000289. The molecule has 0 bridgehead atoms. The minimum atomic E-state index is -2.49. The number of hydrogen-bond donors (Lipinski definition) is 2. The average Bonchev–Trinajstić information content (AvgIpc) is 2.80. The molecule has 1 aromatic heterocycles. The number of ether oxygens (including phenoxy) is 1. The monoisotopic (exact) mass is 764 g/mol. The summed E-state index contributed by atoms with van der Waals surface area (Å²) in [4.78, 5) is 11.3. The summed E-state index contributed by atoms with van der Waals surface area (Å²) < 4.78 is 18.8. The van der Waals surface area contributed by atoms with Gasteiger partial charge >= 0.3 is 0 Å². The number of piperazine rings is 1. The van der Waals surface area contributed by atoms with Gasteiger partial charge in [-0.3, -0.25) is 0 Å². The van der Waals surface area contributed by atoms with Gasteiger partial charge in [0.15, 0.2) is 5.82 Å². The van der Waals surface area contributed by atoms with Crippen LogP contribution in [0.4, 0.5) is 28.8 Å². The molecule has 0 aliphatic carbocycles. The predicted molar refractivity (Wildman–Crippen MR) is 140 cm³/mol. The zero-order valence-electron chi connectivity index (χ0n) is 20.1. The smallest absolute Gasteiger partial charge is 0.229 e. The van der Waals surface area contributed by atoms with Gasteiger partial charge in [-0.15, -0.1) is 13.1 Å². The Kier molecular flexibility index (Phi) is 6.57. The van der Waals surface area contributed by atoms with E-state index in [1.807, 2.05) is 30.3 Å². The van der Waals surface area contributed by atoms with Crippen LogP contribution < -0.4 is 25.6 Å². The number of nitrogens with zero attached hydrogens (tertiary/aromatic N) is 4. The number of benzene rings is 2. The molecule has 11 heteroatoms. The third kappa shape index (κ3) is 4.87. The number of para-hydroxylation sites is 1. The molecule has 1 saturated heterocycles. The number of anilines is 5. The van der Waals surface area contributed by atoms with E-state index in [1.165, 1.54) is 0 Å². The summed E-state index contributed by atoms with van der Waals surface area (Å²) in [7, 11) is -2.49. The molecule has 2 N–H and O–H groups in total. The number of hydrogen-bond acceptors (Lipinski definition) is 7. The molecule has 3 heterocycles. The molecule has 0 amide bonds. The maximum absolute atomic E-state index is 12.7. The van der Waals surface area contributed by atoms with Crippen molar-refractivity contribution in [3.63, 3.8) is 0 Å². The molecule has 3 aromatic rings. The molecule has 1 unspecified atom stereocenters. The van der Waals surface area contributed by atoms with Crippen molar-refractivity contribution in [3.05, 3.63) is 58.5 Å². The van der Waals surface area contributed by atoms with Gasteiger partial charge < -0.3 is 30.2 Å². The average molecular weight is 765 g/mol. The zero-order valence-corrected chi connectivity index (χ0v) is 28.1. The number of nitrogens with one attached hydrogen (secondary N) is 2. The van der Waals surface area contributed by atoms with E-state index in [9.17, 15) is 4.57 Å². The van der Waals surface area contributed by atoms with E-state index in [4.69, 9.17) is 16.3 Å². The first-order valence-electron chi connectivity index (χ1n) is 11.2. The second-order valence-electron chi connectivity index (χ2n) is 8.94. The Bertz CT molecular complexity index is 1290. The minimum absolute atomic E-state index is 0. The number of aryl methyl sites for hydroxylation is 1. The van der Waals surface area contributed by atoms with Gasteiger partial charge in [-0.25, -0.2) is 4.98 Å². The van der Waals surface area contributed by atoms with E-state index in [1.54, 1.807) is 19.5 Å². The number of rotatable bonds is 5. The standard InChI is InChI=1S/C24H27ClN6O2P.Rf/c1-15-10-16(11-20-22(15)31-9-8-26-12-17(31)14-33-20)28-24-27-13-18(25)23(30-24)29-19-6-4-5-7-21(19)34(2,3)32;/h4-7,10-11,13,17H,8-9,12,14H2,1-3H3,(H2,27,28,29,30);/q-1;. The summed E-state index contributed by atoms with van der Waals surface area (Å²) in [5, 5.41) is 12.1. The van der Waals surface area contributed by atoms with Crippen LogP contribution >= 0.6 is 18.7 Å². The van der Waals surface area contributed by atoms with Gasteiger partial charge in [0.2, 0.25) is 5.95 Å². The van der Waals surface area contributed by atoms with Crippen molar-refractivity contribution in [1.29, 1.82) is 0 Å². The number of halogens is 1. The quantitative estimate of drug-likeness (QED) is 0.349. The molecule has 1 fully saturated rings. The molecule has 1 atom stereocenters. The van der Waals surface area contributed by atoms with Gasteiger partial charge in [0.05, 0.1) is 17.6 Å². The van der Waals surface area contributed by atoms with E-state index in [0.29, 0.717) is 35.1 Å². The third-order valence-electron chi connectivity index (χ3n) is 6.00. The van der Waals surface area contributed by atoms with Crippen LogP contribution in [0.25, 0.3) is 5.32 Å². The van der Waals surface area contributed by atoms with E-state index in [-0.39, 0.29) is 0 Å². The largest absolute Gasteiger partial charge is 0.659 e. The first-order chi connectivity index (χ1) is 16.3. The van der Waals surface area contributed by atoms with Gasteiger partial charge in [-0.1, -0.05) is 23.7 Å². The summed E-state index contributed by atoms with van der Waals surface area (Å²) in [6, 6.07) is 11.8. The molecule has 8 nitrogen and oxygen atoms in total. The van der Waals surface area contributed by atoms with Crippen molar-refractivity contribution in [2.75, 3.05) is 55.1 Å². The zero-order chi connectivity index (χ0) is 23.9. The molecule has 0 spiro atoms. The van der Waals surface area contributed by atoms with Crippen LogP contribution in [-0.4, -0.2) is 55.6 Å². The molecule has 5 rings (SSSR count). The SMILES string of the molecule is Cc1cc(Nc2ncc(Cl)c(Nc3ccccc3P(C)(C)=O)n2)cc2c1N1CC[N-]CC1CO2.[Rf]. The molecule has 35 heavy (non-hydrogen) atoms. The van der Waals surface area contributed by atoms with Crippen LogP contribution in [0, 0.1) is 6.92 Å². The van der Waals surface area contributed by atoms with Gasteiger partial charge in [0, 0.05) is 23.1 Å². The van der Waals surface area contributed by atoms with Crippen molar-refractivity contribution in [3.8, 4) is 5.75 Å². The van der Waals surface area contributed by atoms with Crippen LogP contribution in [0.2, 0.25) is 5.02 Å². The van der Waals surface area contributed by atoms with Gasteiger partial charge in [0.25, 0.3) is 0 Å². The van der Waals surface area contributed by atoms with E-state index in [0.717, 1.165) is 47.6 Å². The van der Waals surface area contributed by atoms with Crippen molar-refractivity contribution < 1.29 is 9.30 Å². The molecule has 2 aliphatic rings. The van der Waals surface area contributed by atoms with E-state index < -0.39 is 7.14 Å². The molecular weight excluding hydrogens is 738 g/mol. The molecule has 0 radical (unpaired) electrons. The van der Waals surface area contributed by atoms with Crippen molar-refractivity contribution in [2.24, 2.45) is 0 Å². The fourth-order valence-electron chi connectivity index (χ4n) is 4.44. The summed E-state index contributed by atoms with van der Waals surface area (Å²) in [5.41, 5.74) is 3.80. The second kappa shape index (κ2) is 9.45. The molecule has 180 valence electrons. The van der Waals surface area contributed by atoms with Crippen molar-refractivity contribution in [1.82, 2.24) is 9.97 Å². The van der Waals surface area contributed by atoms with E-state index in [2.05, 4.69) is 43.8 Å². The first kappa shape index (κ1) is 24.3. The molecule has 0 saturated carbocycles. The summed E-state index contributed by atoms with van der Waals surface area (Å²) in [5.74, 6) is 1.68. The molecular formula is C24H27ClN6O2PRf-. The Morgan fingerprint density at radius 1 is 1.23 bits per heavy atom. The summed E-state index contributed by atoms with van der Waals surface area (Å²) >= 11 is 6.38.